The van der Waals surface area contributed by atoms with Gasteiger partial charge < -0.3 is 10.6 Å². The number of benzene rings is 1. The van der Waals surface area contributed by atoms with Crippen molar-refractivity contribution >= 4 is 29.9 Å². The maximum atomic E-state index is 13.6. The number of halogens is 2. The van der Waals surface area contributed by atoms with E-state index in [9.17, 15) is 4.39 Å². The summed E-state index contributed by atoms with van der Waals surface area (Å²) < 4.78 is 15.5. The van der Waals surface area contributed by atoms with Gasteiger partial charge in [0.2, 0.25) is 0 Å². The van der Waals surface area contributed by atoms with E-state index in [1.54, 1.807) is 12.3 Å². The number of rotatable bonds is 8. The topological polar surface area (TPSA) is 54.2 Å². The van der Waals surface area contributed by atoms with Crippen molar-refractivity contribution in [3.8, 4) is 0 Å². The minimum atomic E-state index is -0.157. The van der Waals surface area contributed by atoms with E-state index in [1.807, 2.05) is 36.0 Å². The molecule has 0 radical (unpaired) electrons. The fraction of sp³-hybridized carbons (Fsp3) is 0.412. The normalized spacial score (nSPS) is 11.0. The summed E-state index contributed by atoms with van der Waals surface area (Å²) in [5.74, 6) is 0.611. The van der Waals surface area contributed by atoms with E-state index >= 15 is 0 Å². The van der Waals surface area contributed by atoms with Gasteiger partial charge in [-0.1, -0.05) is 18.2 Å². The van der Waals surface area contributed by atoms with Crippen LogP contribution in [0.5, 0.6) is 0 Å². The Hall–Kier alpha value is -1.64. The Labute approximate surface area is 159 Å². The Balaban J connectivity index is 0.00000288. The Morgan fingerprint density at radius 3 is 2.79 bits per heavy atom. The Morgan fingerprint density at radius 1 is 1.25 bits per heavy atom. The maximum Gasteiger partial charge on any atom is 0.191 e. The minimum Gasteiger partial charge on any atom is -0.357 e. The summed E-state index contributed by atoms with van der Waals surface area (Å²) in [4.78, 5) is 4.53. The van der Waals surface area contributed by atoms with Crippen LogP contribution in [0.2, 0.25) is 0 Å². The fourth-order valence-corrected chi connectivity index (χ4v) is 2.21. The lowest BCUT2D eigenvalue weighted by Gasteiger charge is -2.11. The second-order valence-corrected chi connectivity index (χ2v) is 5.15. The van der Waals surface area contributed by atoms with Gasteiger partial charge in [-0.3, -0.25) is 9.67 Å². The van der Waals surface area contributed by atoms with Crippen LogP contribution in [0.15, 0.2) is 47.7 Å². The molecule has 0 aliphatic heterocycles. The second-order valence-electron chi connectivity index (χ2n) is 5.15. The summed E-state index contributed by atoms with van der Waals surface area (Å²) in [7, 11) is 0. The van der Waals surface area contributed by atoms with Gasteiger partial charge in [0, 0.05) is 38.6 Å². The molecule has 0 fully saturated rings. The van der Waals surface area contributed by atoms with E-state index in [0.717, 1.165) is 37.6 Å². The summed E-state index contributed by atoms with van der Waals surface area (Å²) >= 11 is 0. The average molecular weight is 445 g/mol. The third-order valence-electron chi connectivity index (χ3n) is 3.36. The smallest absolute Gasteiger partial charge is 0.191 e. The van der Waals surface area contributed by atoms with E-state index in [0.29, 0.717) is 13.0 Å². The predicted octanol–water partition coefficient (Wildman–Crippen LogP) is 2.83. The van der Waals surface area contributed by atoms with Crippen molar-refractivity contribution in [2.24, 2.45) is 4.99 Å². The number of hydrogen-bond donors (Lipinski definition) is 2. The molecule has 5 nitrogen and oxygen atoms in total. The Kier molecular flexibility index (Phi) is 10.1. The maximum absolute atomic E-state index is 13.6. The summed E-state index contributed by atoms with van der Waals surface area (Å²) in [5, 5.41) is 10.6. The van der Waals surface area contributed by atoms with E-state index in [1.165, 1.54) is 6.07 Å². The van der Waals surface area contributed by atoms with E-state index in [4.69, 9.17) is 0 Å². The zero-order valence-corrected chi connectivity index (χ0v) is 16.2. The average Bonchev–Trinajstić information content (AvgIpc) is 3.06. The van der Waals surface area contributed by atoms with Gasteiger partial charge in [0.15, 0.2) is 5.96 Å². The first-order valence-corrected chi connectivity index (χ1v) is 8.02. The van der Waals surface area contributed by atoms with Gasteiger partial charge in [-0.2, -0.15) is 5.10 Å². The number of aryl methyl sites for hydroxylation is 1. The van der Waals surface area contributed by atoms with Gasteiger partial charge in [-0.05, 0) is 37.5 Å². The number of aromatic nitrogens is 2. The van der Waals surface area contributed by atoms with Crippen molar-refractivity contribution in [2.75, 3.05) is 19.6 Å². The molecule has 24 heavy (non-hydrogen) atoms. The van der Waals surface area contributed by atoms with Gasteiger partial charge in [-0.25, -0.2) is 4.39 Å². The molecule has 1 heterocycles. The summed E-state index contributed by atoms with van der Waals surface area (Å²) in [6.07, 6.45) is 5.27. The van der Waals surface area contributed by atoms with Crippen molar-refractivity contribution in [2.45, 2.75) is 26.3 Å². The van der Waals surface area contributed by atoms with Crippen LogP contribution in [-0.2, 0) is 13.0 Å². The highest BCUT2D eigenvalue weighted by Gasteiger charge is 2.01. The number of nitrogens with zero attached hydrogens (tertiary/aromatic N) is 3. The minimum absolute atomic E-state index is 0. The molecule has 132 valence electrons. The van der Waals surface area contributed by atoms with Gasteiger partial charge in [0.25, 0.3) is 0 Å². The van der Waals surface area contributed by atoms with Crippen molar-refractivity contribution in [3.63, 3.8) is 0 Å². The SMILES string of the molecule is CCNC(=NCCCn1cccn1)NCCc1ccccc1F.I. The van der Waals surface area contributed by atoms with Crippen LogP contribution in [0, 0.1) is 5.82 Å². The molecule has 1 aromatic carbocycles. The molecular formula is C17H25FIN5. The third-order valence-corrected chi connectivity index (χ3v) is 3.36. The second kappa shape index (κ2) is 11.8. The Bertz CT molecular complexity index is 601. The highest BCUT2D eigenvalue weighted by atomic mass is 127. The van der Waals surface area contributed by atoms with E-state index in [2.05, 4.69) is 20.7 Å². The number of aliphatic imine (C=N–C) groups is 1. The Morgan fingerprint density at radius 2 is 2.08 bits per heavy atom. The molecule has 0 saturated carbocycles. The zero-order valence-electron chi connectivity index (χ0n) is 13.9. The molecule has 0 aliphatic rings. The lowest BCUT2D eigenvalue weighted by molar-refractivity contribution is 0.583. The van der Waals surface area contributed by atoms with Crippen molar-refractivity contribution in [1.82, 2.24) is 20.4 Å². The lowest BCUT2D eigenvalue weighted by atomic mass is 10.1. The van der Waals surface area contributed by atoms with Crippen LogP contribution in [0.25, 0.3) is 0 Å². The van der Waals surface area contributed by atoms with E-state index in [-0.39, 0.29) is 29.8 Å². The largest absolute Gasteiger partial charge is 0.357 e. The van der Waals surface area contributed by atoms with Crippen LogP contribution in [0.3, 0.4) is 0 Å². The van der Waals surface area contributed by atoms with Gasteiger partial charge in [0.1, 0.15) is 5.82 Å². The molecule has 0 saturated heterocycles. The molecule has 0 amide bonds. The van der Waals surface area contributed by atoms with Crippen molar-refractivity contribution < 1.29 is 4.39 Å². The highest BCUT2D eigenvalue weighted by Crippen LogP contribution is 2.06. The zero-order chi connectivity index (χ0) is 16.3. The van der Waals surface area contributed by atoms with E-state index < -0.39 is 0 Å². The molecule has 2 N–H and O–H groups in total. The van der Waals surface area contributed by atoms with Crippen LogP contribution < -0.4 is 10.6 Å². The summed E-state index contributed by atoms with van der Waals surface area (Å²) in [5.41, 5.74) is 0.717. The van der Waals surface area contributed by atoms with Crippen molar-refractivity contribution in [1.29, 1.82) is 0 Å². The first kappa shape index (κ1) is 20.4. The lowest BCUT2D eigenvalue weighted by Crippen LogP contribution is -2.38. The van der Waals surface area contributed by atoms with Crippen LogP contribution >= 0.6 is 24.0 Å². The van der Waals surface area contributed by atoms with Gasteiger partial charge >= 0.3 is 0 Å². The number of guanidine groups is 1. The number of nitrogens with one attached hydrogen (secondary N) is 2. The van der Waals surface area contributed by atoms with Crippen molar-refractivity contribution in [3.05, 3.63) is 54.1 Å². The van der Waals surface area contributed by atoms with Gasteiger partial charge in [0.05, 0.1) is 0 Å². The molecule has 0 unspecified atom stereocenters. The molecule has 2 rings (SSSR count). The molecule has 1 aromatic heterocycles. The first-order chi connectivity index (χ1) is 11.3. The summed E-state index contributed by atoms with van der Waals surface area (Å²) in [6, 6.07) is 8.77. The molecule has 7 heteroatoms. The predicted molar refractivity (Wildman–Crippen MR) is 106 cm³/mol. The molecule has 0 aliphatic carbocycles. The number of hydrogen-bond acceptors (Lipinski definition) is 2. The molecule has 0 atom stereocenters. The molecule has 0 bridgehead atoms. The monoisotopic (exact) mass is 445 g/mol. The third kappa shape index (κ3) is 7.29. The summed E-state index contributed by atoms with van der Waals surface area (Å²) in [6.45, 7) is 5.04. The first-order valence-electron chi connectivity index (χ1n) is 8.02. The standard InChI is InChI=1S/C17H24FN5.HI/c1-2-19-17(20-10-5-13-23-14-6-11-22-23)21-12-9-15-7-3-4-8-16(15)18;/h3-4,6-8,11,14H,2,5,9-10,12-13H2,1H3,(H2,19,20,21);1H. The van der Waals surface area contributed by atoms with Crippen LogP contribution in [0.1, 0.15) is 18.9 Å². The quantitative estimate of drug-likeness (QED) is 0.285. The van der Waals surface area contributed by atoms with Crippen LogP contribution in [-0.4, -0.2) is 35.4 Å². The van der Waals surface area contributed by atoms with Gasteiger partial charge in [-0.15, -0.1) is 24.0 Å². The molecular weight excluding hydrogens is 420 g/mol. The molecule has 0 spiro atoms. The fourth-order valence-electron chi connectivity index (χ4n) is 2.21. The molecule has 2 aromatic rings. The van der Waals surface area contributed by atoms with Crippen LogP contribution in [0.4, 0.5) is 4.39 Å². The highest BCUT2D eigenvalue weighted by molar-refractivity contribution is 14.0.